The molecule has 0 N–H and O–H groups in total. The summed E-state index contributed by atoms with van der Waals surface area (Å²) in [7, 11) is 0. The minimum Gasteiger partial charge on any atom is -0.305 e. The number of pyridine rings is 1. The number of halogens is 1. The fraction of sp³-hybridized carbons (Fsp3) is 0.273. The maximum absolute atomic E-state index is 10.7. The van der Waals surface area contributed by atoms with E-state index in [1.165, 1.54) is 4.90 Å². The minimum absolute atomic E-state index is 0.509. The molecular weight excluding hydrogens is 212 g/mol. The molecule has 0 saturated carbocycles. The molecule has 0 saturated heterocycles. The topological polar surface area (TPSA) is 33.2 Å². The van der Waals surface area contributed by atoms with Crippen molar-refractivity contribution < 1.29 is 4.79 Å². The van der Waals surface area contributed by atoms with Gasteiger partial charge in [0.1, 0.15) is 5.16 Å². The van der Waals surface area contributed by atoms with Gasteiger partial charge in [-0.3, -0.25) is 9.78 Å². The van der Waals surface area contributed by atoms with Gasteiger partial charge in [0, 0.05) is 18.3 Å². The monoisotopic (exact) mass is 222 g/mol. The summed E-state index contributed by atoms with van der Waals surface area (Å²) in [6, 6.07) is 5.68. The molecule has 0 spiro atoms. The third kappa shape index (κ3) is 2.02. The summed E-state index contributed by atoms with van der Waals surface area (Å²) in [5, 5.41) is 0.509. The largest absolute Gasteiger partial charge is 0.305 e. The summed E-state index contributed by atoms with van der Waals surface area (Å²) >= 11 is 6.12. The highest BCUT2D eigenvalue weighted by Gasteiger charge is 2.19. The Morgan fingerprint density at radius 3 is 3.00 bits per heavy atom. The molecular formula is C11H11ClN2O. The Balaban J connectivity index is 2.39. The van der Waals surface area contributed by atoms with Crippen LogP contribution in [0.1, 0.15) is 18.5 Å². The van der Waals surface area contributed by atoms with Gasteiger partial charge in [-0.15, -0.1) is 0 Å². The highest BCUT2D eigenvalue weighted by atomic mass is 35.5. The lowest BCUT2D eigenvalue weighted by atomic mass is 10.0. The fourth-order valence-electron chi connectivity index (χ4n) is 1.67. The lowest BCUT2D eigenvalue weighted by Crippen LogP contribution is -2.24. The normalized spacial score (nSPS) is 16.7. The fourth-order valence-corrected chi connectivity index (χ4v) is 1.99. The Hall–Kier alpha value is -1.35. The molecule has 78 valence electrons. The van der Waals surface area contributed by atoms with Crippen LogP contribution >= 0.6 is 11.6 Å². The first-order valence-corrected chi connectivity index (χ1v) is 5.22. The van der Waals surface area contributed by atoms with Crippen LogP contribution in [0.15, 0.2) is 29.6 Å². The number of hydrogen-bond donors (Lipinski definition) is 0. The van der Waals surface area contributed by atoms with E-state index in [0.29, 0.717) is 11.7 Å². The van der Waals surface area contributed by atoms with Gasteiger partial charge in [-0.2, -0.15) is 0 Å². The van der Waals surface area contributed by atoms with E-state index in [1.54, 1.807) is 6.20 Å². The van der Waals surface area contributed by atoms with Crippen molar-refractivity contribution in [3.63, 3.8) is 0 Å². The van der Waals surface area contributed by atoms with Crippen LogP contribution in [0.25, 0.3) is 5.57 Å². The zero-order valence-electron chi connectivity index (χ0n) is 8.19. The summed E-state index contributed by atoms with van der Waals surface area (Å²) in [5.74, 6) is 0. The number of carbonyl (C=O) groups is 1. The zero-order valence-corrected chi connectivity index (χ0v) is 8.94. The van der Waals surface area contributed by atoms with Crippen molar-refractivity contribution in [2.24, 2.45) is 0 Å². The molecule has 1 aromatic heterocycles. The van der Waals surface area contributed by atoms with Crippen LogP contribution in [0.5, 0.6) is 0 Å². The average molecular weight is 223 g/mol. The van der Waals surface area contributed by atoms with Crippen molar-refractivity contribution in [2.45, 2.75) is 12.8 Å². The lowest BCUT2D eigenvalue weighted by molar-refractivity contribution is -0.116. The van der Waals surface area contributed by atoms with E-state index in [9.17, 15) is 4.79 Å². The summed E-state index contributed by atoms with van der Waals surface area (Å²) in [6.45, 7) is 0.693. The molecule has 1 aromatic rings. The molecule has 3 nitrogen and oxygen atoms in total. The number of carbonyl (C=O) groups excluding carboxylic acids is 1. The molecule has 0 aliphatic carbocycles. The van der Waals surface area contributed by atoms with Crippen LogP contribution in [0.2, 0.25) is 0 Å². The average Bonchev–Trinajstić information content (AvgIpc) is 2.30. The molecule has 1 aliphatic rings. The first-order valence-electron chi connectivity index (χ1n) is 4.85. The molecule has 1 aliphatic heterocycles. The Morgan fingerprint density at radius 2 is 2.33 bits per heavy atom. The van der Waals surface area contributed by atoms with Crippen LogP contribution in [-0.4, -0.2) is 22.8 Å². The quantitative estimate of drug-likeness (QED) is 0.568. The van der Waals surface area contributed by atoms with E-state index in [-0.39, 0.29) is 0 Å². The molecule has 0 unspecified atom stereocenters. The molecule has 15 heavy (non-hydrogen) atoms. The predicted molar refractivity (Wildman–Crippen MR) is 59.0 cm³/mol. The lowest BCUT2D eigenvalue weighted by Gasteiger charge is -2.24. The van der Waals surface area contributed by atoms with Gasteiger partial charge in [-0.1, -0.05) is 17.7 Å². The van der Waals surface area contributed by atoms with Crippen LogP contribution in [0, 0.1) is 0 Å². The number of nitrogens with zero attached hydrogens (tertiary/aromatic N) is 2. The zero-order chi connectivity index (χ0) is 10.7. The molecule has 0 aromatic carbocycles. The Kier molecular flexibility index (Phi) is 3.02. The standard InChI is InChI=1S/C11H11ClN2O/c12-11-9(4-3-7-14(11)8-15)10-5-1-2-6-13-10/h1-2,5-6,8H,3-4,7H2. The molecule has 0 radical (unpaired) electrons. The number of aromatic nitrogens is 1. The highest BCUT2D eigenvalue weighted by molar-refractivity contribution is 6.33. The van der Waals surface area contributed by atoms with Crippen molar-refractivity contribution in [2.75, 3.05) is 6.54 Å². The van der Waals surface area contributed by atoms with Gasteiger partial charge >= 0.3 is 0 Å². The molecule has 2 rings (SSSR count). The predicted octanol–water partition coefficient (Wildman–Crippen LogP) is 2.24. The van der Waals surface area contributed by atoms with E-state index in [1.807, 2.05) is 18.2 Å². The van der Waals surface area contributed by atoms with Gasteiger partial charge in [-0.05, 0) is 25.0 Å². The maximum atomic E-state index is 10.7. The minimum atomic E-state index is 0.509. The summed E-state index contributed by atoms with van der Waals surface area (Å²) in [6.07, 6.45) is 4.30. The molecule has 0 fully saturated rings. The van der Waals surface area contributed by atoms with Crippen LogP contribution < -0.4 is 0 Å². The number of hydrogen-bond acceptors (Lipinski definition) is 2. The molecule has 1 amide bonds. The second kappa shape index (κ2) is 4.45. The van der Waals surface area contributed by atoms with E-state index < -0.39 is 0 Å². The van der Waals surface area contributed by atoms with Crippen molar-refractivity contribution in [3.05, 3.63) is 35.2 Å². The first kappa shape index (κ1) is 10.2. The van der Waals surface area contributed by atoms with Crippen molar-refractivity contribution in [1.82, 2.24) is 9.88 Å². The Morgan fingerprint density at radius 1 is 1.47 bits per heavy atom. The second-order valence-electron chi connectivity index (χ2n) is 3.39. The summed E-state index contributed by atoms with van der Waals surface area (Å²) in [5.41, 5.74) is 1.81. The van der Waals surface area contributed by atoms with Crippen molar-refractivity contribution in [3.8, 4) is 0 Å². The maximum Gasteiger partial charge on any atom is 0.214 e. The number of amides is 1. The van der Waals surface area contributed by atoms with Gasteiger partial charge in [0.15, 0.2) is 0 Å². The molecule has 2 heterocycles. The van der Waals surface area contributed by atoms with Gasteiger partial charge in [0.25, 0.3) is 0 Å². The van der Waals surface area contributed by atoms with Crippen molar-refractivity contribution >= 4 is 23.6 Å². The van der Waals surface area contributed by atoms with E-state index in [4.69, 9.17) is 11.6 Å². The Labute approximate surface area is 93.4 Å². The van der Waals surface area contributed by atoms with E-state index in [2.05, 4.69) is 4.98 Å². The number of allylic oxidation sites excluding steroid dienone is 1. The van der Waals surface area contributed by atoms with Crippen molar-refractivity contribution in [1.29, 1.82) is 0 Å². The van der Waals surface area contributed by atoms with Gasteiger partial charge < -0.3 is 4.90 Å². The van der Waals surface area contributed by atoms with Gasteiger partial charge in [0.2, 0.25) is 6.41 Å². The highest BCUT2D eigenvalue weighted by Crippen LogP contribution is 2.30. The van der Waals surface area contributed by atoms with E-state index in [0.717, 1.165) is 30.5 Å². The SMILES string of the molecule is O=CN1CCCC(c2ccccn2)=C1Cl. The number of rotatable bonds is 2. The van der Waals surface area contributed by atoms with Crippen LogP contribution in [0.3, 0.4) is 0 Å². The van der Waals surface area contributed by atoms with Gasteiger partial charge in [-0.25, -0.2) is 0 Å². The summed E-state index contributed by atoms with van der Waals surface area (Å²) in [4.78, 5) is 16.5. The first-order chi connectivity index (χ1) is 7.33. The third-order valence-electron chi connectivity index (χ3n) is 2.43. The molecule has 0 bridgehead atoms. The van der Waals surface area contributed by atoms with E-state index >= 15 is 0 Å². The Bertz CT molecular complexity index is 389. The van der Waals surface area contributed by atoms with Crippen LogP contribution in [-0.2, 0) is 4.79 Å². The molecule has 4 heteroatoms. The van der Waals surface area contributed by atoms with Crippen LogP contribution in [0.4, 0.5) is 0 Å². The second-order valence-corrected chi connectivity index (χ2v) is 3.74. The summed E-state index contributed by atoms with van der Waals surface area (Å²) < 4.78 is 0. The van der Waals surface area contributed by atoms with Gasteiger partial charge in [0.05, 0.1) is 5.69 Å². The smallest absolute Gasteiger partial charge is 0.214 e. The molecule has 0 atom stereocenters. The third-order valence-corrected chi connectivity index (χ3v) is 2.87.